The predicted octanol–water partition coefficient (Wildman–Crippen LogP) is 1.94. The van der Waals surface area contributed by atoms with Gasteiger partial charge in [-0.05, 0) is 37.8 Å². The summed E-state index contributed by atoms with van der Waals surface area (Å²) in [7, 11) is 3.74. The number of hydrogen-bond donors (Lipinski definition) is 1. The third-order valence-corrected chi connectivity index (χ3v) is 4.39. The molecule has 2 aromatic heterocycles. The van der Waals surface area contributed by atoms with Crippen molar-refractivity contribution in [2.24, 2.45) is 7.05 Å². The van der Waals surface area contributed by atoms with Crippen molar-refractivity contribution < 1.29 is 4.74 Å². The van der Waals surface area contributed by atoms with Gasteiger partial charge in [0.05, 0.1) is 11.3 Å². The molecule has 20 heavy (non-hydrogen) atoms. The molecular weight excluding hydrogens is 252 g/mol. The van der Waals surface area contributed by atoms with Crippen LogP contribution in [0, 0.1) is 6.92 Å². The topological polar surface area (TPSA) is 52.0 Å². The Morgan fingerprint density at radius 2 is 2.25 bits per heavy atom. The molecule has 0 aliphatic heterocycles. The monoisotopic (exact) mass is 274 g/mol. The summed E-state index contributed by atoms with van der Waals surface area (Å²) < 4.78 is 7.44. The summed E-state index contributed by atoms with van der Waals surface area (Å²) in [4.78, 5) is 4.50. The lowest BCUT2D eigenvalue weighted by Crippen LogP contribution is -2.47. The Bertz CT molecular complexity index is 610. The Labute approximate surface area is 119 Å². The van der Waals surface area contributed by atoms with Crippen LogP contribution in [-0.4, -0.2) is 34.0 Å². The minimum Gasteiger partial charge on any atom is -0.377 e. The van der Waals surface area contributed by atoms with Gasteiger partial charge in [-0.2, -0.15) is 5.10 Å². The zero-order valence-electron chi connectivity index (χ0n) is 12.4. The smallest absolute Gasteiger partial charge is 0.157 e. The van der Waals surface area contributed by atoms with E-state index in [1.165, 1.54) is 12.0 Å². The van der Waals surface area contributed by atoms with Crippen LogP contribution >= 0.6 is 0 Å². The minimum absolute atomic E-state index is 0.0712. The van der Waals surface area contributed by atoms with Gasteiger partial charge in [-0.3, -0.25) is 4.68 Å². The summed E-state index contributed by atoms with van der Waals surface area (Å²) in [5, 5.41) is 9.03. The highest BCUT2D eigenvalue weighted by Gasteiger charge is 2.36. The van der Waals surface area contributed by atoms with Crippen LogP contribution in [0.3, 0.4) is 0 Å². The van der Waals surface area contributed by atoms with Gasteiger partial charge in [0.1, 0.15) is 0 Å². The van der Waals surface area contributed by atoms with Gasteiger partial charge in [0, 0.05) is 38.8 Å². The molecule has 108 valence electrons. The van der Waals surface area contributed by atoms with Crippen molar-refractivity contribution in [2.75, 3.05) is 13.7 Å². The molecule has 0 saturated heterocycles. The van der Waals surface area contributed by atoms with Crippen molar-refractivity contribution in [2.45, 2.75) is 38.3 Å². The molecule has 0 aromatic carbocycles. The first kappa shape index (κ1) is 13.5. The van der Waals surface area contributed by atoms with E-state index in [4.69, 9.17) is 4.74 Å². The Morgan fingerprint density at radius 3 is 2.90 bits per heavy atom. The molecule has 2 heterocycles. The number of methoxy groups -OCH3 is 1. The second-order valence-corrected chi connectivity index (χ2v) is 5.77. The van der Waals surface area contributed by atoms with Gasteiger partial charge in [-0.15, -0.1) is 0 Å². The van der Waals surface area contributed by atoms with Crippen LogP contribution in [0.25, 0.3) is 11.0 Å². The molecule has 0 atom stereocenters. The molecule has 1 saturated carbocycles. The summed E-state index contributed by atoms with van der Waals surface area (Å²) >= 11 is 0. The molecule has 5 nitrogen and oxygen atoms in total. The summed E-state index contributed by atoms with van der Waals surface area (Å²) in [5.41, 5.74) is 3.24. The molecular formula is C15H22N4O. The van der Waals surface area contributed by atoms with Gasteiger partial charge in [0.15, 0.2) is 5.65 Å². The fourth-order valence-electron chi connectivity index (χ4n) is 2.91. The van der Waals surface area contributed by atoms with Crippen LogP contribution in [-0.2, 0) is 18.3 Å². The standard InChI is InChI=1S/C15H22N4O/c1-11-13-7-12(9-17-14(13)19(2)18-11)8-16-10-15(20-3)5-4-6-15/h7,9,16H,4-6,8,10H2,1-3H3. The zero-order chi connectivity index (χ0) is 14.2. The number of pyridine rings is 1. The van der Waals surface area contributed by atoms with Crippen molar-refractivity contribution >= 4 is 11.0 Å². The Kier molecular flexibility index (Phi) is 3.48. The maximum absolute atomic E-state index is 5.61. The highest BCUT2D eigenvalue weighted by Crippen LogP contribution is 2.34. The van der Waals surface area contributed by atoms with Crippen molar-refractivity contribution in [3.8, 4) is 0 Å². The van der Waals surface area contributed by atoms with Crippen LogP contribution in [0.15, 0.2) is 12.3 Å². The molecule has 2 aromatic rings. The van der Waals surface area contributed by atoms with Crippen LogP contribution in [0.5, 0.6) is 0 Å². The van der Waals surface area contributed by atoms with E-state index in [9.17, 15) is 0 Å². The Balaban J connectivity index is 1.67. The Hall–Kier alpha value is -1.46. The van der Waals surface area contributed by atoms with Crippen molar-refractivity contribution in [3.05, 3.63) is 23.5 Å². The predicted molar refractivity (Wildman–Crippen MR) is 78.5 cm³/mol. The molecule has 0 radical (unpaired) electrons. The summed E-state index contributed by atoms with van der Waals surface area (Å²) in [6, 6.07) is 2.18. The largest absolute Gasteiger partial charge is 0.377 e. The quantitative estimate of drug-likeness (QED) is 0.905. The highest BCUT2D eigenvalue weighted by molar-refractivity contribution is 5.78. The average molecular weight is 274 g/mol. The number of rotatable bonds is 5. The fourth-order valence-corrected chi connectivity index (χ4v) is 2.91. The maximum Gasteiger partial charge on any atom is 0.157 e. The molecule has 0 spiro atoms. The van der Waals surface area contributed by atoms with E-state index < -0.39 is 0 Å². The minimum atomic E-state index is 0.0712. The maximum atomic E-state index is 5.61. The molecule has 1 N–H and O–H groups in total. The van der Waals surface area contributed by atoms with E-state index in [1.807, 2.05) is 32.0 Å². The number of ether oxygens (including phenoxy) is 1. The van der Waals surface area contributed by atoms with E-state index in [0.29, 0.717) is 0 Å². The van der Waals surface area contributed by atoms with Crippen molar-refractivity contribution in [1.82, 2.24) is 20.1 Å². The number of hydrogen-bond acceptors (Lipinski definition) is 4. The molecule has 5 heteroatoms. The highest BCUT2D eigenvalue weighted by atomic mass is 16.5. The third kappa shape index (κ3) is 2.31. The first-order chi connectivity index (χ1) is 9.63. The van der Waals surface area contributed by atoms with E-state index >= 15 is 0 Å². The summed E-state index contributed by atoms with van der Waals surface area (Å²) in [6.45, 7) is 3.76. The van der Waals surface area contributed by atoms with Gasteiger partial charge in [-0.1, -0.05) is 0 Å². The van der Waals surface area contributed by atoms with Crippen LogP contribution < -0.4 is 5.32 Å². The summed E-state index contributed by atoms with van der Waals surface area (Å²) in [5.74, 6) is 0. The lowest BCUT2D eigenvalue weighted by Gasteiger charge is -2.40. The van der Waals surface area contributed by atoms with E-state index in [2.05, 4.69) is 21.5 Å². The van der Waals surface area contributed by atoms with Crippen molar-refractivity contribution in [1.29, 1.82) is 0 Å². The summed E-state index contributed by atoms with van der Waals surface area (Å²) in [6.07, 6.45) is 5.53. The van der Waals surface area contributed by atoms with Gasteiger partial charge in [0.25, 0.3) is 0 Å². The number of fused-ring (bicyclic) bond motifs is 1. The molecule has 1 aliphatic carbocycles. The SMILES string of the molecule is COC1(CNCc2cnc3c(c2)c(C)nn3C)CCC1. The number of nitrogens with one attached hydrogen (secondary N) is 1. The molecule has 0 unspecified atom stereocenters. The molecule has 3 rings (SSSR count). The van der Waals surface area contributed by atoms with Crippen LogP contribution in [0.4, 0.5) is 0 Å². The fraction of sp³-hybridized carbons (Fsp3) is 0.600. The van der Waals surface area contributed by atoms with Gasteiger partial charge in [-0.25, -0.2) is 4.98 Å². The molecule has 1 aliphatic rings. The lowest BCUT2D eigenvalue weighted by molar-refractivity contribution is -0.0695. The first-order valence-corrected chi connectivity index (χ1v) is 7.18. The molecule has 0 bridgehead atoms. The second-order valence-electron chi connectivity index (χ2n) is 5.77. The van der Waals surface area contributed by atoms with Gasteiger partial charge >= 0.3 is 0 Å². The Morgan fingerprint density at radius 1 is 1.45 bits per heavy atom. The van der Waals surface area contributed by atoms with Gasteiger partial charge in [0.2, 0.25) is 0 Å². The van der Waals surface area contributed by atoms with E-state index in [1.54, 1.807) is 0 Å². The van der Waals surface area contributed by atoms with Crippen LogP contribution in [0.2, 0.25) is 0 Å². The lowest BCUT2D eigenvalue weighted by atomic mass is 9.80. The average Bonchev–Trinajstić information content (AvgIpc) is 2.68. The normalized spacial score (nSPS) is 17.4. The number of aryl methyl sites for hydroxylation is 2. The van der Waals surface area contributed by atoms with E-state index in [0.717, 1.165) is 42.7 Å². The molecule has 1 fully saturated rings. The van der Waals surface area contributed by atoms with Gasteiger partial charge < -0.3 is 10.1 Å². The van der Waals surface area contributed by atoms with E-state index in [-0.39, 0.29) is 5.60 Å². The van der Waals surface area contributed by atoms with Crippen molar-refractivity contribution in [3.63, 3.8) is 0 Å². The zero-order valence-corrected chi connectivity index (χ0v) is 12.4. The number of aromatic nitrogens is 3. The number of nitrogens with zero attached hydrogens (tertiary/aromatic N) is 3. The third-order valence-electron chi connectivity index (χ3n) is 4.39. The second kappa shape index (κ2) is 5.14. The van der Waals surface area contributed by atoms with Crippen LogP contribution in [0.1, 0.15) is 30.5 Å². The molecule has 0 amide bonds. The first-order valence-electron chi connectivity index (χ1n) is 7.18.